The van der Waals surface area contributed by atoms with Gasteiger partial charge in [-0.25, -0.2) is 14.2 Å². The van der Waals surface area contributed by atoms with Crippen molar-refractivity contribution in [1.29, 1.82) is 0 Å². The number of unbranched alkanes of at least 4 members (excludes halogenated alkanes) is 1. The van der Waals surface area contributed by atoms with Crippen LogP contribution in [0.25, 0.3) is 0 Å². The fourth-order valence-electron chi connectivity index (χ4n) is 3.45. The molecule has 2 heterocycles. The van der Waals surface area contributed by atoms with Crippen molar-refractivity contribution < 1.29 is 9.13 Å². The van der Waals surface area contributed by atoms with Gasteiger partial charge in [0, 0.05) is 18.3 Å². The highest BCUT2D eigenvalue weighted by atomic mass is 19.1. The van der Waals surface area contributed by atoms with Gasteiger partial charge in [0.1, 0.15) is 5.75 Å². The summed E-state index contributed by atoms with van der Waals surface area (Å²) in [6.07, 6.45) is 1.55. The number of aromatic nitrogens is 4. The summed E-state index contributed by atoms with van der Waals surface area (Å²) in [7, 11) is 0. The standard InChI is InChI=1S/C26H26FN5O3/c1-3-4-16-31-25(33)30-24(32(26(31)34)17-19-10-8-18(2)9-11-19)28-20-12-14-21(15-13-20)35-23-7-5-6-22(27)29-23/h5-15H,3-4,16-17H2,1-2H3,(H,28,30,33). The van der Waals surface area contributed by atoms with Crippen LogP contribution in [0.3, 0.4) is 0 Å². The van der Waals surface area contributed by atoms with Crippen LogP contribution in [0, 0.1) is 12.9 Å². The molecule has 2 aromatic heterocycles. The molecule has 0 spiro atoms. The Morgan fingerprint density at radius 3 is 2.37 bits per heavy atom. The molecule has 0 radical (unpaired) electrons. The summed E-state index contributed by atoms with van der Waals surface area (Å²) in [6.45, 7) is 4.56. The maximum absolute atomic E-state index is 13.3. The molecular formula is C26H26FN5O3. The Labute approximate surface area is 201 Å². The molecule has 8 nitrogen and oxygen atoms in total. The first kappa shape index (κ1) is 23.9. The number of nitrogens with zero attached hydrogens (tertiary/aromatic N) is 4. The number of benzene rings is 2. The number of aryl methyl sites for hydroxylation is 1. The smallest absolute Gasteiger partial charge is 0.354 e. The molecule has 4 aromatic rings. The molecule has 180 valence electrons. The van der Waals surface area contributed by atoms with Crippen molar-refractivity contribution in [3.63, 3.8) is 0 Å². The van der Waals surface area contributed by atoms with Gasteiger partial charge in [0.2, 0.25) is 17.8 Å². The SMILES string of the molecule is CCCCn1c(=O)nc(Nc2ccc(Oc3cccc(F)n3)cc2)n(Cc2ccc(C)cc2)c1=O. The van der Waals surface area contributed by atoms with Gasteiger partial charge < -0.3 is 10.1 Å². The lowest BCUT2D eigenvalue weighted by molar-refractivity contribution is 0.445. The normalized spacial score (nSPS) is 10.8. The van der Waals surface area contributed by atoms with Gasteiger partial charge in [-0.2, -0.15) is 14.4 Å². The lowest BCUT2D eigenvalue weighted by atomic mass is 10.1. The third-order valence-electron chi connectivity index (χ3n) is 5.37. The lowest BCUT2D eigenvalue weighted by Gasteiger charge is -2.16. The summed E-state index contributed by atoms with van der Waals surface area (Å²) in [6, 6.07) is 18.9. The van der Waals surface area contributed by atoms with Crippen LogP contribution in [0.15, 0.2) is 76.3 Å². The molecule has 4 rings (SSSR count). The third kappa shape index (κ3) is 6.00. The summed E-state index contributed by atoms with van der Waals surface area (Å²) in [5.41, 5.74) is 1.61. The number of hydrogen-bond acceptors (Lipinski definition) is 6. The number of pyridine rings is 1. The van der Waals surface area contributed by atoms with E-state index in [0.29, 0.717) is 24.4 Å². The predicted molar refractivity (Wildman–Crippen MR) is 132 cm³/mol. The van der Waals surface area contributed by atoms with Crippen molar-refractivity contribution in [3.8, 4) is 11.6 Å². The van der Waals surface area contributed by atoms with Gasteiger partial charge in [0.15, 0.2) is 0 Å². The molecule has 35 heavy (non-hydrogen) atoms. The first-order chi connectivity index (χ1) is 16.9. The molecule has 2 aromatic carbocycles. The Morgan fingerprint density at radius 1 is 0.943 bits per heavy atom. The zero-order valence-electron chi connectivity index (χ0n) is 19.6. The molecule has 0 fully saturated rings. The second-order valence-corrected chi connectivity index (χ2v) is 8.13. The third-order valence-corrected chi connectivity index (χ3v) is 5.37. The maximum Gasteiger partial charge on any atom is 0.354 e. The zero-order chi connectivity index (χ0) is 24.8. The van der Waals surface area contributed by atoms with E-state index in [2.05, 4.69) is 15.3 Å². The molecular weight excluding hydrogens is 449 g/mol. The Morgan fingerprint density at radius 2 is 1.69 bits per heavy atom. The fraction of sp³-hybridized carbons (Fsp3) is 0.231. The number of nitrogens with one attached hydrogen (secondary N) is 1. The average molecular weight is 476 g/mol. The minimum absolute atomic E-state index is 0.134. The van der Waals surface area contributed by atoms with Crippen molar-refractivity contribution in [2.45, 2.75) is 39.8 Å². The number of hydrogen-bond donors (Lipinski definition) is 1. The number of halogens is 1. The van der Waals surface area contributed by atoms with Crippen LogP contribution in [-0.4, -0.2) is 19.1 Å². The van der Waals surface area contributed by atoms with Gasteiger partial charge in [0.25, 0.3) is 0 Å². The molecule has 0 unspecified atom stereocenters. The number of rotatable bonds is 9. The quantitative estimate of drug-likeness (QED) is 0.355. The van der Waals surface area contributed by atoms with E-state index in [1.54, 1.807) is 30.3 Å². The van der Waals surface area contributed by atoms with Crippen LogP contribution in [0.1, 0.15) is 30.9 Å². The molecule has 1 N–H and O–H groups in total. The molecule has 0 atom stereocenters. The van der Waals surface area contributed by atoms with Crippen LogP contribution in [-0.2, 0) is 13.1 Å². The number of anilines is 2. The molecule has 0 amide bonds. The summed E-state index contributed by atoms with van der Waals surface area (Å²) in [5, 5.41) is 3.08. The van der Waals surface area contributed by atoms with Gasteiger partial charge in [-0.15, -0.1) is 0 Å². The topological polar surface area (TPSA) is 91.0 Å². The van der Waals surface area contributed by atoms with Gasteiger partial charge in [0.05, 0.1) is 6.54 Å². The summed E-state index contributed by atoms with van der Waals surface area (Å²) < 4.78 is 21.5. The molecule has 0 aliphatic rings. The van der Waals surface area contributed by atoms with Crippen molar-refractivity contribution >= 4 is 11.6 Å². The van der Waals surface area contributed by atoms with Crippen LogP contribution in [0.5, 0.6) is 11.6 Å². The Hall–Kier alpha value is -4.27. The average Bonchev–Trinajstić information content (AvgIpc) is 2.84. The lowest BCUT2D eigenvalue weighted by Crippen LogP contribution is -2.42. The fourth-order valence-corrected chi connectivity index (χ4v) is 3.45. The first-order valence-electron chi connectivity index (χ1n) is 11.4. The van der Waals surface area contributed by atoms with Crippen LogP contribution in [0.2, 0.25) is 0 Å². The largest absolute Gasteiger partial charge is 0.439 e. The van der Waals surface area contributed by atoms with Gasteiger partial charge >= 0.3 is 11.4 Å². The Kier molecular flexibility index (Phi) is 7.35. The summed E-state index contributed by atoms with van der Waals surface area (Å²) in [4.78, 5) is 33.7. The molecule has 0 saturated heterocycles. The van der Waals surface area contributed by atoms with Crippen LogP contribution in [0.4, 0.5) is 16.0 Å². The minimum Gasteiger partial charge on any atom is -0.439 e. The Balaban J connectivity index is 1.63. The predicted octanol–water partition coefficient (Wildman–Crippen LogP) is 4.63. The van der Waals surface area contributed by atoms with E-state index >= 15 is 0 Å². The zero-order valence-corrected chi connectivity index (χ0v) is 19.6. The highest BCUT2D eigenvalue weighted by Crippen LogP contribution is 2.23. The van der Waals surface area contributed by atoms with E-state index in [-0.39, 0.29) is 18.4 Å². The summed E-state index contributed by atoms with van der Waals surface area (Å²) in [5.74, 6) is 0.101. The van der Waals surface area contributed by atoms with E-state index in [1.807, 2.05) is 38.1 Å². The van der Waals surface area contributed by atoms with Crippen molar-refractivity contribution in [1.82, 2.24) is 19.1 Å². The van der Waals surface area contributed by atoms with E-state index in [4.69, 9.17) is 4.74 Å². The van der Waals surface area contributed by atoms with E-state index < -0.39 is 17.3 Å². The van der Waals surface area contributed by atoms with Crippen molar-refractivity contribution in [3.05, 3.63) is 105 Å². The molecule has 0 bridgehead atoms. The second-order valence-electron chi connectivity index (χ2n) is 8.13. The highest BCUT2D eigenvalue weighted by Gasteiger charge is 2.14. The highest BCUT2D eigenvalue weighted by molar-refractivity contribution is 5.55. The minimum atomic E-state index is -0.632. The van der Waals surface area contributed by atoms with Crippen LogP contribution >= 0.6 is 0 Å². The van der Waals surface area contributed by atoms with Crippen molar-refractivity contribution in [2.75, 3.05) is 5.32 Å². The molecule has 0 saturated carbocycles. The van der Waals surface area contributed by atoms with Gasteiger partial charge in [-0.05, 0) is 49.2 Å². The molecule has 0 aliphatic heterocycles. The van der Waals surface area contributed by atoms with Crippen molar-refractivity contribution in [2.24, 2.45) is 0 Å². The van der Waals surface area contributed by atoms with E-state index in [1.165, 1.54) is 21.3 Å². The summed E-state index contributed by atoms with van der Waals surface area (Å²) >= 11 is 0. The number of ether oxygens (including phenoxy) is 1. The second kappa shape index (κ2) is 10.8. The Bertz CT molecular complexity index is 1410. The van der Waals surface area contributed by atoms with Gasteiger partial charge in [-0.3, -0.25) is 4.57 Å². The van der Waals surface area contributed by atoms with Crippen LogP contribution < -0.4 is 21.4 Å². The monoisotopic (exact) mass is 475 g/mol. The van der Waals surface area contributed by atoms with E-state index in [9.17, 15) is 14.0 Å². The first-order valence-corrected chi connectivity index (χ1v) is 11.4. The van der Waals surface area contributed by atoms with Gasteiger partial charge in [-0.1, -0.05) is 49.2 Å². The van der Waals surface area contributed by atoms with E-state index in [0.717, 1.165) is 17.5 Å². The molecule has 0 aliphatic carbocycles. The maximum atomic E-state index is 13.3. The molecule has 9 heteroatoms.